The van der Waals surface area contributed by atoms with Crippen molar-refractivity contribution < 1.29 is 23.6 Å². The van der Waals surface area contributed by atoms with Gasteiger partial charge in [0, 0.05) is 6.07 Å². The highest BCUT2D eigenvalue weighted by Gasteiger charge is 2.22. The lowest BCUT2D eigenvalue weighted by Crippen LogP contribution is -2.01. The summed E-state index contributed by atoms with van der Waals surface area (Å²) >= 11 is 0. The number of nitro benzene ring substituents is 1. The van der Waals surface area contributed by atoms with Crippen LogP contribution in [0, 0.1) is 10.1 Å². The molecule has 1 N–H and O–H groups in total. The lowest BCUT2D eigenvalue weighted by molar-refractivity contribution is -0.386. The van der Waals surface area contributed by atoms with Gasteiger partial charge in [0.15, 0.2) is 0 Å². The Morgan fingerprint density at radius 3 is 2.47 bits per heavy atom. The second-order valence-corrected chi connectivity index (χ2v) is 2.64. The summed E-state index contributed by atoms with van der Waals surface area (Å²) < 4.78 is 24.7. The lowest BCUT2D eigenvalue weighted by Gasteiger charge is -2.02. The summed E-state index contributed by atoms with van der Waals surface area (Å²) in [6.45, 7) is 0. The van der Waals surface area contributed by atoms with E-state index in [1.54, 1.807) is 0 Å². The molecule has 0 saturated heterocycles. The Balaban J connectivity index is 3.33. The summed E-state index contributed by atoms with van der Waals surface area (Å²) in [6.07, 6.45) is -3.08. The van der Waals surface area contributed by atoms with Crippen molar-refractivity contribution in [3.05, 3.63) is 39.4 Å². The van der Waals surface area contributed by atoms with Gasteiger partial charge >= 0.3 is 5.97 Å². The molecule has 0 bridgehead atoms. The van der Waals surface area contributed by atoms with E-state index in [1.165, 1.54) is 0 Å². The zero-order valence-electron chi connectivity index (χ0n) is 7.18. The van der Waals surface area contributed by atoms with Gasteiger partial charge in [-0.2, -0.15) is 0 Å². The highest BCUT2D eigenvalue weighted by Crippen LogP contribution is 2.29. The van der Waals surface area contributed by atoms with Gasteiger partial charge < -0.3 is 5.11 Å². The number of hydrogen-bond acceptors (Lipinski definition) is 3. The first-order valence-electron chi connectivity index (χ1n) is 3.73. The summed E-state index contributed by atoms with van der Waals surface area (Å²) in [5.74, 6) is -1.41. The van der Waals surface area contributed by atoms with Gasteiger partial charge in [-0.25, -0.2) is 13.6 Å². The first-order chi connectivity index (χ1) is 6.93. The van der Waals surface area contributed by atoms with E-state index in [0.29, 0.717) is 6.07 Å². The van der Waals surface area contributed by atoms with Crippen LogP contribution in [0.1, 0.15) is 22.3 Å². The van der Waals surface area contributed by atoms with Crippen molar-refractivity contribution in [2.24, 2.45) is 0 Å². The molecule has 0 aliphatic heterocycles. The highest BCUT2D eigenvalue weighted by atomic mass is 19.3. The van der Waals surface area contributed by atoms with Crippen LogP contribution in [-0.2, 0) is 0 Å². The lowest BCUT2D eigenvalue weighted by atomic mass is 10.1. The third-order valence-corrected chi connectivity index (χ3v) is 1.71. The van der Waals surface area contributed by atoms with Crippen LogP contribution in [0.5, 0.6) is 0 Å². The molecule has 80 valence electrons. The Hall–Kier alpha value is -2.05. The Labute approximate surface area is 82.1 Å². The van der Waals surface area contributed by atoms with Gasteiger partial charge in [0.05, 0.1) is 16.1 Å². The van der Waals surface area contributed by atoms with E-state index in [1.807, 2.05) is 0 Å². The Morgan fingerprint density at radius 1 is 1.47 bits per heavy atom. The third-order valence-electron chi connectivity index (χ3n) is 1.71. The molecule has 0 amide bonds. The first-order valence-corrected chi connectivity index (χ1v) is 3.73. The number of benzene rings is 1. The van der Waals surface area contributed by atoms with Crippen LogP contribution in [0.15, 0.2) is 18.2 Å². The molecule has 0 fully saturated rings. The topological polar surface area (TPSA) is 80.4 Å². The molecule has 0 unspecified atom stereocenters. The molecule has 0 aliphatic carbocycles. The second kappa shape index (κ2) is 3.99. The maximum Gasteiger partial charge on any atom is 0.335 e. The SMILES string of the molecule is O=C(O)c1ccc([N+](=O)[O-])c(C(F)F)c1. The molecule has 0 aliphatic rings. The number of carboxylic acids is 1. The fourth-order valence-electron chi connectivity index (χ4n) is 1.03. The van der Waals surface area contributed by atoms with Gasteiger partial charge in [-0.3, -0.25) is 10.1 Å². The predicted molar refractivity (Wildman–Crippen MR) is 45.0 cm³/mol. The quantitative estimate of drug-likeness (QED) is 0.621. The molecule has 1 rings (SSSR count). The average molecular weight is 217 g/mol. The molecule has 0 atom stereocenters. The number of carbonyl (C=O) groups is 1. The van der Waals surface area contributed by atoms with E-state index in [9.17, 15) is 23.7 Å². The minimum absolute atomic E-state index is 0.407. The van der Waals surface area contributed by atoms with E-state index in [2.05, 4.69) is 0 Å². The van der Waals surface area contributed by atoms with Crippen molar-refractivity contribution in [3.63, 3.8) is 0 Å². The maximum absolute atomic E-state index is 12.3. The molecule has 1 aromatic carbocycles. The van der Waals surface area contributed by atoms with E-state index in [-0.39, 0.29) is 0 Å². The number of alkyl halides is 2. The van der Waals surface area contributed by atoms with E-state index in [0.717, 1.165) is 12.1 Å². The number of nitrogens with zero attached hydrogens (tertiary/aromatic N) is 1. The normalized spacial score (nSPS) is 10.3. The number of halogens is 2. The fraction of sp³-hybridized carbons (Fsp3) is 0.125. The second-order valence-electron chi connectivity index (χ2n) is 2.64. The summed E-state index contributed by atoms with van der Waals surface area (Å²) in [7, 11) is 0. The molecule has 0 heterocycles. The van der Waals surface area contributed by atoms with Crippen LogP contribution in [0.25, 0.3) is 0 Å². The van der Waals surface area contributed by atoms with Gasteiger partial charge in [-0.15, -0.1) is 0 Å². The fourth-order valence-corrected chi connectivity index (χ4v) is 1.03. The number of nitro groups is 1. The van der Waals surface area contributed by atoms with Gasteiger partial charge in [0.1, 0.15) is 0 Å². The minimum atomic E-state index is -3.08. The smallest absolute Gasteiger partial charge is 0.335 e. The van der Waals surface area contributed by atoms with Crippen LogP contribution >= 0.6 is 0 Å². The van der Waals surface area contributed by atoms with Crippen molar-refractivity contribution in [2.75, 3.05) is 0 Å². The Morgan fingerprint density at radius 2 is 2.07 bits per heavy atom. The number of aromatic carboxylic acids is 1. The van der Waals surface area contributed by atoms with E-state index >= 15 is 0 Å². The summed E-state index contributed by atoms with van der Waals surface area (Å²) in [4.78, 5) is 19.8. The van der Waals surface area contributed by atoms with Crippen LogP contribution in [0.4, 0.5) is 14.5 Å². The van der Waals surface area contributed by atoms with Gasteiger partial charge in [0.25, 0.3) is 12.1 Å². The maximum atomic E-state index is 12.3. The largest absolute Gasteiger partial charge is 0.478 e. The van der Waals surface area contributed by atoms with Crippen molar-refractivity contribution in [3.8, 4) is 0 Å². The predicted octanol–water partition coefficient (Wildman–Crippen LogP) is 2.23. The monoisotopic (exact) mass is 217 g/mol. The molecule has 0 spiro atoms. The molecule has 1 aromatic rings. The standard InChI is InChI=1S/C8H5F2NO4/c9-7(10)5-3-4(8(12)13)1-2-6(5)11(14)15/h1-3,7H,(H,12,13). The molecule has 0 aromatic heterocycles. The zero-order chi connectivity index (χ0) is 11.6. The minimum Gasteiger partial charge on any atom is -0.478 e. The van der Waals surface area contributed by atoms with Gasteiger partial charge in [-0.05, 0) is 12.1 Å². The van der Waals surface area contributed by atoms with Crippen LogP contribution in [-0.4, -0.2) is 16.0 Å². The van der Waals surface area contributed by atoms with Crippen LogP contribution in [0.3, 0.4) is 0 Å². The van der Waals surface area contributed by atoms with Crippen LogP contribution < -0.4 is 0 Å². The van der Waals surface area contributed by atoms with E-state index < -0.39 is 34.1 Å². The Bertz CT molecular complexity index is 419. The van der Waals surface area contributed by atoms with Crippen molar-refractivity contribution >= 4 is 11.7 Å². The molecule has 15 heavy (non-hydrogen) atoms. The van der Waals surface area contributed by atoms with Crippen LogP contribution in [0.2, 0.25) is 0 Å². The molecular formula is C8H5F2NO4. The molecule has 5 nitrogen and oxygen atoms in total. The van der Waals surface area contributed by atoms with Gasteiger partial charge in [-0.1, -0.05) is 0 Å². The third kappa shape index (κ3) is 2.25. The average Bonchev–Trinajstić information content (AvgIpc) is 2.16. The number of hydrogen-bond donors (Lipinski definition) is 1. The summed E-state index contributed by atoms with van der Waals surface area (Å²) in [5, 5.41) is 18.8. The highest BCUT2D eigenvalue weighted by molar-refractivity contribution is 5.88. The molecule has 7 heteroatoms. The number of carboxylic acid groups (broad SMARTS) is 1. The van der Waals surface area contributed by atoms with Crippen molar-refractivity contribution in [1.29, 1.82) is 0 Å². The van der Waals surface area contributed by atoms with Gasteiger partial charge in [0.2, 0.25) is 0 Å². The van der Waals surface area contributed by atoms with Crippen molar-refractivity contribution in [1.82, 2.24) is 0 Å². The van der Waals surface area contributed by atoms with Crippen molar-refractivity contribution in [2.45, 2.75) is 6.43 Å². The molecular weight excluding hydrogens is 212 g/mol. The van der Waals surface area contributed by atoms with E-state index in [4.69, 9.17) is 5.11 Å². The number of rotatable bonds is 3. The first kappa shape index (κ1) is 11.0. The summed E-state index contributed by atoms with van der Waals surface area (Å²) in [5.41, 5.74) is -2.08. The molecule has 0 saturated carbocycles. The Kier molecular flexibility index (Phi) is 2.93. The molecule has 0 radical (unpaired) electrons. The zero-order valence-corrected chi connectivity index (χ0v) is 7.18. The summed E-state index contributed by atoms with van der Waals surface area (Å²) in [6, 6.07) is 2.27.